The normalized spacial score (nSPS) is 16.6. The molecule has 1 aliphatic heterocycles. The minimum Gasteiger partial charge on any atom is -0.514 e. The smallest absolute Gasteiger partial charge is 0.231 e. The lowest BCUT2D eigenvalue weighted by Crippen LogP contribution is -2.50. The zero-order valence-corrected chi connectivity index (χ0v) is 19.8. The first-order valence-electron chi connectivity index (χ1n) is 11.5. The van der Waals surface area contributed by atoms with Gasteiger partial charge in [-0.25, -0.2) is 0 Å². The molecule has 1 saturated heterocycles. The second-order valence-corrected chi connectivity index (χ2v) is 8.26. The lowest BCUT2D eigenvalue weighted by atomic mass is 10.0. The molecule has 1 aromatic carbocycles. The fourth-order valence-electron chi connectivity index (χ4n) is 4.10. The van der Waals surface area contributed by atoms with Gasteiger partial charge in [0.1, 0.15) is 18.1 Å². The molecule has 0 aliphatic carbocycles. The summed E-state index contributed by atoms with van der Waals surface area (Å²) in [6.45, 7) is 7.44. The van der Waals surface area contributed by atoms with E-state index in [4.69, 9.17) is 9.47 Å². The van der Waals surface area contributed by atoms with Gasteiger partial charge in [-0.3, -0.25) is 9.59 Å². The van der Waals surface area contributed by atoms with Gasteiger partial charge in [-0.1, -0.05) is 38.1 Å². The van der Waals surface area contributed by atoms with Gasteiger partial charge in [0.05, 0.1) is 25.3 Å². The van der Waals surface area contributed by atoms with Crippen molar-refractivity contribution in [3.8, 4) is 0 Å². The minimum absolute atomic E-state index is 0.0534. The van der Waals surface area contributed by atoms with Gasteiger partial charge in [-0.2, -0.15) is 0 Å². The highest BCUT2D eigenvalue weighted by Crippen LogP contribution is 2.28. The molecule has 0 spiro atoms. The zero-order valence-electron chi connectivity index (χ0n) is 19.8. The third kappa shape index (κ3) is 7.35. The van der Waals surface area contributed by atoms with Gasteiger partial charge in [0.25, 0.3) is 0 Å². The maximum absolute atomic E-state index is 13.3. The number of carbonyl (C=O) groups excluding carboxylic acids is 2. The fourth-order valence-corrected chi connectivity index (χ4v) is 4.10. The number of carbonyl (C=O) groups is 2. The quantitative estimate of drug-likeness (QED) is 0.295. The van der Waals surface area contributed by atoms with E-state index in [9.17, 15) is 14.7 Å². The van der Waals surface area contributed by atoms with E-state index in [0.29, 0.717) is 32.6 Å². The van der Waals surface area contributed by atoms with E-state index in [1.165, 1.54) is 6.20 Å². The van der Waals surface area contributed by atoms with E-state index in [2.05, 4.69) is 0 Å². The molecule has 0 bridgehead atoms. The molecule has 2 rings (SSSR count). The molecule has 1 amide bonds. The average Bonchev–Trinajstić information content (AvgIpc) is 2.79. The lowest BCUT2D eigenvalue weighted by Gasteiger charge is -2.40. The van der Waals surface area contributed by atoms with Crippen molar-refractivity contribution < 1.29 is 24.2 Å². The number of aryl methyl sites for hydroxylation is 1. The molecule has 0 saturated carbocycles. The standard InChI is InChI=1S/C25H38N2O5/c1-5-20(29)17-25(30)27(24(6-2)26(4)13-14-28)18-23(22-10-8-7-9-19(22)3)32-21-11-15-31-16-12-21/h7-10,13-14,21,23-24,28H,5-6,11-12,15-18H2,1-4H3/b14-13-/t23-,24?/m0/s1. The number of ether oxygens (including phenoxy) is 2. The van der Waals surface area contributed by atoms with Crippen LogP contribution >= 0.6 is 0 Å². The van der Waals surface area contributed by atoms with Crippen molar-refractivity contribution in [3.05, 3.63) is 47.9 Å². The van der Waals surface area contributed by atoms with E-state index in [1.54, 1.807) is 16.7 Å². The summed E-state index contributed by atoms with van der Waals surface area (Å²) in [6.07, 6.45) is 4.33. The van der Waals surface area contributed by atoms with Crippen molar-refractivity contribution in [1.29, 1.82) is 0 Å². The molecule has 1 aliphatic rings. The zero-order chi connectivity index (χ0) is 23.5. The van der Waals surface area contributed by atoms with Gasteiger partial charge in [0.2, 0.25) is 5.91 Å². The highest BCUT2D eigenvalue weighted by atomic mass is 16.5. The minimum atomic E-state index is -0.333. The molecule has 0 radical (unpaired) electrons. The Bertz CT molecular complexity index is 760. The van der Waals surface area contributed by atoms with Gasteiger partial charge in [0.15, 0.2) is 0 Å². The lowest BCUT2D eigenvalue weighted by molar-refractivity contribution is -0.145. The molecule has 1 heterocycles. The van der Waals surface area contributed by atoms with Crippen LogP contribution < -0.4 is 0 Å². The first kappa shape index (κ1) is 25.9. The molecule has 0 aromatic heterocycles. The van der Waals surface area contributed by atoms with Gasteiger partial charge in [0, 0.05) is 32.9 Å². The summed E-state index contributed by atoms with van der Waals surface area (Å²) in [5, 5.41) is 9.28. The molecule has 2 atom stereocenters. The summed E-state index contributed by atoms with van der Waals surface area (Å²) >= 11 is 0. The van der Waals surface area contributed by atoms with Crippen molar-refractivity contribution in [2.45, 2.75) is 71.2 Å². The fraction of sp³-hybridized carbons (Fsp3) is 0.600. The molecule has 178 valence electrons. The van der Waals surface area contributed by atoms with Gasteiger partial charge < -0.3 is 24.4 Å². The van der Waals surface area contributed by atoms with Crippen molar-refractivity contribution in [3.63, 3.8) is 0 Å². The molecular weight excluding hydrogens is 408 g/mol. The van der Waals surface area contributed by atoms with E-state index in [1.807, 2.05) is 45.2 Å². The van der Waals surface area contributed by atoms with Crippen LogP contribution in [0.4, 0.5) is 0 Å². The summed E-state index contributed by atoms with van der Waals surface area (Å²) in [7, 11) is 1.81. The second kappa shape index (κ2) is 13.2. The number of Topliss-reactive ketones (excluding diaryl/α,β-unsaturated/α-hetero) is 1. The van der Waals surface area contributed by atoms with E-state index >= 15 is 0 Å². The van der Waals surface area contributed by atoms with Crippen LogP contribution in [-0.4, -0.2) is 65.7 Å². The maximum atomic E-state index is 13.3. The van der Waals surface area contributed by atoms with Crippen molar-refractivity contribution in [1.82, 2.24) is 9.80 Å². The molecule has 1 fully saturated rings. The number of benzene rings is 1. The highest BCUT2D eigenvalue weighted by molar-refractivity contribution is 5.98. The van der Waals surface area contributed by atoms with Crippen LogP contribution in [0.25, 0.3) is 0 Å². The number of hydrogen-bond acceptors (Lipinski definition) is 6. The first-order chi connectivity index (χ1) is 15.4. The highest BCUT2D eigenvalue weighted by Gasteiger charge is 2.31. The number of ketones is 1. The first-order valence-corrected chi connectivity index (χ1v) is 11.5. The van der Waals surface area contributed by atoms with Crippen LogP contribution in [0, 0.1) is 6.92 Å². The number of aliphatic hydroxyl groups excluding tert-OH is 1. The number of rotatable bonds is 12. The second-order valence-electron chi connectivity index (χ2n) is 8.26. The van der Waals surface area contributed by atoms with E-state index in [-0.39, 0.29) is 36.5 Å². The summed E-state index contributed by atoms with van der Waals surface area (Å²) in [4.78, 5) is 28.9. The molecule has 1 aromatic rings. The van der Waals surface area contributed by atoms with Crippen LogP contribution in [0.5, 0.6) is 0 Å². The topological polar surface area (TPSA) is 79.3 Å². The van der Waals surface area contributed by atoms with Crippen LogP contribution in [0.1, 0.15) is 63.2 Å². The molecular formula is C25H38N2O5. The maximum Gasteiger partial charge on any atom is 0.231 e. The van der Waals surface area contributed by atoms with Crippen molar-refractivity contribution in [2.75, 3.05) is 26.8 Å². The van der Waals surface area contributed by atoms with Crippen molar-refractivity contribution >= 4 is 11.7 Å². The third-order valence-electron chi connectivity index (χ3n) is 5.98. The van der Waals surface area contributed by atoms with E-state index < -0.39 is 0 Å². The summed E-state index contributed by atoms with van der Waals surface area (Å²) < 4.78 is 12.0. The Morgan fingerprint density at radius 2 is 1.94 bits per heavy atom. The van der Waals surface area contributed by atoms with E-state index in [0.717, 1.165) is 30.2 Å². The predicted octanol–water partition coefficient (Wildman–Crippen LogP) is 4.13. The van der Waals surface area contributed by atoms with Gasteiger partial charge >= 0.3 is 0 Å². The monoisotopic (exact) mass is 446 g/mol. The molecule has 1 unspecified atom stereocenters. The predicted molar refractivity (Wildman–Crippen MR) is 124 cm³/mol. The summed E-state index contributed by atoms with van der Waals surface area (Å²) in [5.74, 6) is -0.316. The summed E-state index contributed by atoms with van der Waals surface area (Å²) in [6, 6.07) is 8.05. The number of aliphatic hydroxyl groups is 1. The SMILES string of the molecule is CCC(=O)CC(=O)N(C[C@H](OC1CCOCC1)c1ccccc1C)C(CC)N(C)/C=C\O. The average molecular weight is 447 g/mol. The Balaban J connectivity index is 2.38. The van der Waals surface area contributed by atoms with Crippen LogP contribution in [0.2, 0.25) is 0 Å². The number of hydrogen-bond donors (Lipinski definition) is 1. The van der Waals surface area contributed by atoms with Crippen molar-refractivity contribution in [2.24, 2.45) is 0 Å². The Morgan fingerprint density at radius 1 is 1.25 bits per heavy atom. The largest absolute Gasteiger partial charge is 0.514 e. The Labute approximate surface area is 192 Å². The van der Waals surface area contributed by atoms with Crippen LogP contribution in [-0.2, 0) is 19.1 Å². The molecule has 7 heteroatoms. The molecule has 1 N–H and O–H groups in total. The van der Waals surface area contributed by atoms with Crippen LogP contribution in [0.3, 0.4) is 0 Å². The third-order valence-corrected chi connectivity index (χ3v) is 5.98. The molecule has 7 nitrogen and oxygen atoms in total. The summed E-state index contributed by atoms with van der Waals surface area (Å²) in [5.41, 5.74) is 2.13. The Hall–Kier alpha value is -2.38. The Morgan fingerprint density at radius 3 is 2.53 bits per heavy atom. The van der Waals surface area contributed by atoms with Gasteiger partial charge in [-0.05, 0) is 37.3 Å². The Kier molecular flexibility index (Phi) is 10.7. The van der Waals surface area contributed by atoms with Gasteiger partial charge in [-0.15, -0.1) is 0 Å². The number of amides is 1. The van der Waals surface area contributed by atoms with Crippen LogP contribution in [0.15, 0.2) is 36.7 Å². The molecule has 32 heavy (non-hydrogen) atoms. The number of nitrogens with zero attached hydrogens (tertiary/aromatic N) is 2.